The van der Waals surface area contributed by atoms with Crippen molar-refractivity contribution in [2.24, 2.45) is 0 Å². The Balaban J connectivity index is 2.89. The summed E-state index contributed by atoms with van der Waals surface area (Å²) in [6.07, 6.45) is -0.0843. The highest BCUT2D eigenvalue weighted by molar-refractivity contribution is 5.89. The number of carbonyl (C=O) groups excluding carboxylic acids is 3. The van der Waals surface area contributed by atoms with Crippen LogP contribution in [0.25, 0.3) is 0 Å². The molecule has 130 valence electrons. The number of hydrogen-bond donors (Lipinski definition) is 0. The molecule has 1 rings (SSSR count). The normalized spacial score (nSPS) is 11.3. The van der Waals surface area contributed by atoms with Crippen LogP contribution in [0.5, 0.6) is 5.75 Å². The first kappa shape index (κ1) is 19.4. The van der Waals surface area contributed by atoms with Gasteiger partial charge in [-0.1, -0.05) is 38.1 Å². The average Bonchev–Trinajstić information content (AvgIpc) is 2.55. The third-order valence-corrected chi connectivity index (χ3v) is 3.16. The summed E-state index contributed by atoms with van der Waals surface area (Å²) in [7, 11) is 1.28. The van der Waals surface area contributed by atoms with Crippen molar-refractivity contribution >= 4 is 17.9 Å². The lowest BCUT2D eigenvalue weighted by Gasteiger charge is -2.17. The maximum Gasteiger partial charge on any atom is 0.352 e. The zero-order valence-corrected chi connectivity index (χ0v) is 14.2. The van der Waals surface area contributed by atoms with Crippen LogP contribution >= 0.6 is 0 Å². The Morgan fingerprint density at radius 1 is 1.21 bits per heavy atom. The van der Waals surface area contributed by atoms with Crippen molar-refractivity contribution in [3.05, 3.63) is 42.0 Å². The van der Waals surface area contributed by atoms with Crippen molar-refractivity contribution in [2.75, 3.05) is 7.11 Å². The highest BCUT2D eigenvalue weighted by atomic mass is 16.6. The molecule has 6 heteroatoms. The predicted molar refractivity (Wildman–Crippen MR) is 87.4 cm³/mol. The van der Waals surface area contributed by atoms with Gasteiger partial charge in [0.25, 0.3) is 0 Å². The van der Waals surface area contributed by atoms with E-state index in [0.717, 1.165) is 0 Å². The van der Waals surface area contributed by atoms with Crippen molar-refractivity contribution in [2.45, 2.75) is 39.2 Å². The van der Waals surface area contributed by atoms with Crippen LogP contribution in [0.15, 0.2) is 36.4 Å². The standard InChI is InChI=1S/C18H22O6/c1-5-8-15(24-17(20)12(2)3)18(21)23-14-10-7-6-9-13(14)11-16(19)22-4/h6-7,9-10,15H,2,5,8,11H2,1,3-4H3. The fourth-order valence-electron chi connectivity index (χ4n) is 1.87. The first-order chi connectivity index (χ1) is 11.4. The molecule has 0 spiro atoms. The number of para-hydroxylation sites is 1. The molecule has 0 aliphatic carbocycles. The molecular formula is C18H22O6. The van der Waals surface area contributed by atoms with Gasteiger partial charge in [0.05, 0.1) is 13.5 Å². The second-order valence-corrected chi connectivity index (χ2v) is 5.24. The molecule has 0 N–H and O–H groups in total. The van der Waals surface area contributed by atoms with E-state index in [1.807, 2.05) is 6.92 Å². The van der Waals surface area contributed by atoms with E-state index < -0.39 is 24.0 Å². The smallest absolute Gasteiger partial charge is 0.352 e. The largest absolute Gasteiger partial charge is 0.469 e. The molecule has 0 fully saturated rings. The van der Waals surface area contributed by atoms with Crippen LogP contribution in [-0.4, -0.2) is 31.1 Å². The third-order valence-electron chi connectivity index (χ3n) is 3.16. The summed E-state index contributed by atoms with van der Waals surface area (Å²) in [5, 5.41) is 0. The van der Waals surface area contributed by atoms with Gasteiger partial charge in [0.1, 0.15) is 5.75 Å². The van der Waals surface area contributed by atoms with Crippen LogP contribution in [0.2, 0.25) is 0 Å². The summed E-state index contributed by atoms with van der Waals surface area (Å²) in [5.41, 5.74) is 0.717. The van der Waals surface area contributed by atoms with Gasteiger partial charge in [0.15, 0.2) is 6.10 Å². The summed E-state index contributed by atoms with van der Waals surface area (Å²) in [6, 6.07) is 6.63. The number of benzene rings is 1. The van der Waals surface area contributed by atoms with E-state index in [2.05, 4.69) is 11.3 Å². The average molecular weight is 334 g/mol. The minimum Gasteiger partial charge on any atom is -0.469 e. The summed E-state index contributed by atoms with van der Waals surface area (Å²) < 4.78 is 15.1. The van der Waals surface area contributed by atoms with Crippen LogP contribution < -0.4 is 4.74 Å². The number of esters is 3. The van der Waals surface area contributed by atoms with Gasteiger partial charge in [-0.25, -0.2) is 9.59 Å². The molecule has 6 nitrogen and oxygen atoms in total. The Hall–Kier alpha value is -2.63. The Morgan fingerprint density at radius 3 is 2.46 bits per heavy atom. The third kappa shape index (κ3) is 5.87. The lowest BCUT2D eigenvalue weighted by molar-refractivity contribution is -0.160. The number of methoxy groups -OCH3 is 1. The molecule has 24 heavy (non-hydrogen) atoms. The van der Waals surface area contributed by atoms with Crippen LogP contribution in [0.3, 0.4) is 0 Å². The van der Waals surface area contributed by atoms with Gasteiger partial charge in [-0.15, -0.1) is 0 Å². The number of rotatable bonds is 8. The van der Waals surface area contributed by atoms with Gasteiger partial charge in [0.2, 0.25) is 0 Å². The summed E-state index contributed by atoms with van der Waals surface area (Å²) >= 11 is 0. The molecule has 0 bridgehead atoms. The zero-order valence-electron chi connectivity index (χ0n) is 14.2. The first-order valence-electron chi connectivity index (χ1n) is 7.61. The summed E-state index contributed by atoms with van der Waals surface area (Å²) in [4.78, 5) is 35.4. The molecule has 0 heterocycles. The van der Waals surface area contributed by atoms with Gasteiger partial charge >= 0.3 is 17.9 Å². The molecule has 0 aliphatic heterocycles. The molecular weight excluding hydrogens is 312 g/mol. The van der Waals surface area contributed by atoms with Crippen molar-refractivity contribution in [1.29, 1.82) is 0 Å². The van der Waals surface area contributed by atoms with Crippen molar-refractivity contribution in [3.63, 3.8) is 0 Å². The Bertz CT molecular complexity index is 620. The summed E-state index contributed by atoms with van der Waals surface area (Å²) in [6.45, 7) is 6.85. The molecule has 1 aromatic carbocycles. The van der Waals surface area contributed by atoms with Crippen LogP contribution in [-0.2, 0) is 30.3 Å². The summed E-state index contributed by atoms with van der Waals surface area (Å²) in [5.74, 6) is -1.55. The lowest BCUT2D eigenvalue weighted by atomic mass is 10.1. The molecule has 1 atom stereocenters. The molecule has 1 unspecified atom stereocenters. The number of hydrogen-bond acceptors (Lipinski definition) is 6. The molecule has 1 aromatic rings. The Labute approximate surface area is 141 Å². The molecule has 0 aromatic heterocycles. The maximum absolute atomic E-state index is 12.3. The minimum atomic E-state index is -1.02. The van der Waals surface area contributed by atoms with E-state index >= 15 is 0 Å². The quantitative estimate of drug-likeness (QED) is 0.413. The fraction of sp³-hybridized carbons (Fsp3) is 0.389. The van der Waals surface area contributed by atoms with E-state index in [9.17, 15) is 14.4 Å². The number of ether oxygens (including phenoxy) is 3. The molecule has 0 saturated carbocycles. The van der Waals surface area contributed by atoms with Crippen molar-refractivity contribution in [3.8, 4) is 5.75 Å². The van der Waals surface area contributed by atoms with E-state index in [1.165, 1.54) is 14.0 Å². The second kappa shape index (κ2) is 9.50. The first-order valence-corrected chi connectivity index (χ1v) is 7.61. The number of carbonyl (C=O) groups is 3. The Kier molecular flexibility index (Phi) is 7.68. The zero-order chi connectivity index (χ0) is 18.1. The maximum atomic E-state index is 12.3. The topological polar surface area (TPSA) is 78.9 Å². The van der Waals surface area contributed by atoms with Gasteiger partial charge in [-0.2, -0.15) is 0 Å². The second-order valence-electron chi connectivity index (χ2n) is 5.24. The van der Waals surface area contributed by atoms with Gasteiger partial charge in [0, 0.05) is 11.1 Å². The highest BCUT2D eigenvalue weighted by Gasteiger charge is 2.25. The van der Waals surface area contributed by atoms with E-state index in [1.54, 1.807) is 24.3 Å². The van der Waals surface area contributed by atoms with Crippen molar-refractivity contribution < 1.29 is 28.6 Å². The van der Waals surface area contributed by atoms with Crippen LogP contribution in [0.4, 0.5) is 0 Å². The van der Waals surface area contributed by atoms with Gasteiger partial charge in [-0.05, 0) is 19.4 Å². The molecule has 0 aliphatic rings. The fourth-order valence-corrected chi connectivity index (χ4v) is 1.87. The van der Waals surface area contributed by atoms with E-state index in [4.69, 9.17) is 9.47 Å². The minimum absolute atomic E-state index is 0.0239. The van der Waals surface area contributed by atoms with Crippen LogP contribution in [0.1, 0.15) is 32.3 Å². The SMILES string of the molecule is C=C(C)C(=O)OC(CCC)C(=O)Oc1ccccc1CC(=O)OC. The Morgan fingerprint density at radius 2 is 1.88 bits per heavy atom. The highest BCUT2D eigenvalue weighted by Crippen LogP contribution is 2.20. The van der Waals surface area contributed by atoms with Gasteiger partial charge in [-0.3, -0.25) is 4.79 Å². The lowest BCUT2D eigenvalue weighted by Crippen LogP contribution is -2.31. The van der Waals surface area contributed by atoms with E-state index in [-0.39, 0.29) is 17.7 Å². The van der Waals surface area contributed by atoms with E-state index in [0.29, 0.717) is 18.4 Å². The molecule has 0 radical (unpaired) electrons. The van der Waals surface area contributed by atoms with Crippen molar-refractivity contribution in [1.82, 2.24) is 0 Å². The van der Waals surface area contributed by atoms with Gasteiger partial charge < -0.3 is 14.2 Å². The molecule has 0 amide bonds. The predicted octanol–water partition coefficient (Wildman–Crippen LogP) is 2.60. The molecule has 0 saturated heterocycles. The monoisotopic (exact) mass is 334 g/mol. The van der Waals surface area contributed by atoms with Crippen LogP contribution in [0, 0.1) is 0 Å².